The van der Waals surface area contributed by atoms with Crippen molar-refractivity contribution >= 4 is 28.8 Å². The summed E-state index contributed by atoms with van der Waals surface area (Å²) < 4.78 is 11.1. The number of nitrogens with one attached hydrogen (secondary N) is 2. The van der Waals surface area contributed by atoms with Crippen LogP contribution >= 0.6 is 11.3 Å². The average Bonchev–Trinajstić information content (AvgIpc) is 3.49. The minimum atomic E-state index is -0.362. The molecule has 31 heavy (non-hydrogen) atoms. The number of benzene rings is 2. The Morgan fingerprint density at radius 1 is 1.06 bits per heavy atom. The first-order valence-electron chi connectivity index (χ1n) is 9.99. The molecule has 4 rings (SSSR count). The zero-order valence-electron chi connectivity index (χ0n) is 16.7. The van der Waals surface area contributed by atoms with Crippen LogP contribution in [-0.4, -0.2) is 41.3 Å². The second-order valence-corrected chi connectivity index (χ2v) is 8.04. The Balaban J connectivity index is 1.27. The molecule has 1 unspecified atom stereocenters. The van der Waals surface area contributed by atoms with Gasteiger partial charge in [-0.05, 0) is 49.2 Å². The molecule has 1 aliphatic heterocycles. The molecule has 1 aromatic heterocycles. The Morgan fingerprint density at radius 3 is 2.61 bits per heavy atom. The van der Waals surface area contributed by atoms with Crippen LogP contribution in [0, 0.1) is 0 Å². The first-order chi connectivity index (χ1) is 15.2. The standard InChI is InChI=1S/C22H22N4O4S/c27-20(23-13-18-7-4-12-29-18)15-8-10-16(11-9-15)24-21(28)22-26-25-19(31-22)14-30-17-5-2-1-3-6-17/h1-3,5-6,8-11,18H,4,7,12-14H2,(H,23,27)(H,24,28). The summed E-state index contributed by atoms with van der Waals surface area (Å²) in [6, 6.07) is 16.1. The van der Waals surface area contributed by atoms with Gasteiger partial charge in [-0.15, -0.1) is 10.2 Å². The van der Waals surface area contributed by atoms with E-state index in [9.17, 15) is 9.59 Å². The largest absolute Gasteiger partial charge is 0.486 e. The minimum absolute atomic E-state index is 0.0948. The first-order valence-corrected chi connectivity index (χ1v) is 10.8. The summed E-state index contributed by atoms with van der Waals surface area (Å²) in [5.41, 5.74) is 1.09. The van der Waals surface area contributed by atoms with Crippen molar-refractivity contribution in [3.05, 3.63) is 70.2 Å². The lowest BCUT2D eigenvalue weighted by atomic mass is 10.2. The summed E-state index contributed by atoms with van der Waals surface area (Å²) in [5, 5.41) is 14.4. The van der Waals surface area contributed by atoms with E-state index in [1.54, 1.807) is 24.3 Å². The predicted octanol–water partition coefficient (Wildman–Crippen LogP) is 3.28. The number of para-hydroxylation sites is 1. The molecule has 1 aliphatic rings. The van der Waals surface area contributed by atoms with E-state index >= 15 is 0 Å². The topological polar surface area (TPSA) is 102 Å². The number of hydrogen-bond acceptors (Lipinski definition) is 7. The van der Waals surface area contributed by atoms with Gasteiger partial charge in [0.1, 0.15) is 12.4 Å². The minimum Gasteiger partial charge on any atom is -0.486 e. The maximum absolute atomic E-state index is 12.4. The van der Waals surface area contributed by atoms with Gasteiger partial charge in [0, 0.05) is 24.4 Å². The van der Waals surface area contributed by atoms with Gasteiger partial charge in [0.05, 0.1) is 6.10 Å². The van der Waals surface area contributed by atoms with Crippen molar-refractivity contribution in [3.63, 3.8) is 0 Å². The molecular weight excluding hydrogens is 416 g/mol. The number of amides is 2. The maximum atomic E-state index is 12.4. The molecule has 9 heteroatoms. The van der Waals surface area contributed by atoms with Crippen LogP contribution in [0.5, 0.6) is 5.75 Å². The number of rotatable bonds is 8. The third kappa shape index (κ3) is 5.87. The summed E-state index contributed by atoms with van der Waals surface area (Å²) in [7, 11) is 0. The molecule has 8 nitrogen and oxygen atoms in total. The highest BCUT2D eigenvalue weighted by Crippen LogP contribution is 2.17. The predicted molar refractivity (Wildman–Crippen MR) is 116 cm³/mol. The van der Waals surface area contributed by atoms with Crippen LogP contribution < -0.4 is 15.4 Å². The summed E-state index contributed by atoms with van der Waals surface area (Å²) in [6.07, 6.45) is 2.10. The van der Waals surface area contributed by atoms with Crippen molar-refractivity contribution in [2.24, 2.45) is 0 Å². The molecule has 160 valence electrons. The Labute approximate surface area is 183 Å². The second kappa shape index (κ2) is 10.1. The molecule has 0 aliphatic carbocycles. The SMILES string of the molecule is O=C(NCC1CCCO1)c1ccc(NC(=O)c2nnc(COc3ccccc3)s2)cc1. The van der Waals surface area contributed by atoms with Gasteiger partial charge in [-0.2, -0.15) is 0 Å². The molecule has 0 radical (unpaired) electrons. The summed E-state index contributed by atoms with van der Waals surface area (Å²) >= 11 is 1.17. The highest BCUT2D eigenvalue weighted by molar-refractivity contribution is 7.13. The molecule has 2 aromatic carbocycles. The summed E-state index contributed by atoms with van der Waals surface area (Å²) in [6.45, 7) is 1.50. The van der Waals surface area contributed by atoms with E-state index in [1.807, 2.05) is 30.3 Å². The number of anilines is 1. The van der Waals surface area contributed by atoms with E-state index < -0.39 is 0 Å². The van der Waals surface area contributed by atoms with Gasteiger partial charge in [-0.25, -0.2) is 0 Å². The highest BCUT2D eigenvalue weighted by atomic mass is 32.1. The van der Waals surface area contributed by atoms with Gasteiger partial charge in [0.25, 0.3) is 11.8 Å². The Kier molecular flexibility index (Phi) is 6.85. The smallest absolute Gasteiger partial charge is 0.286 e. The zero-order chi connectivity index (χ0) is 21.5. The van der Waals surface area contributed by atoms with Crippen LogP contribution in [-0.2, 0) is 11.3 Å². The Bertz CT molecular complexity index is 1020. The molecule has 0 spiro atoms. The number of carbonyl (C=O) groups excluding carboxylic acids is 2. The zero-order valence-corrected chi connectivity index (χ0v) is 17.6. The van der Waals surface area contributed by atoms with Crippen molar-refractivity contribution in [3.8, 4) is 5.75 Å². The van der Waals surface area contributed by atoms with Gasteiger partial charge in [-0.3, -0.25) is 9.59 Å². The monoisotopic (exact) mass is 438 g/mol. The van der Waals surface area contributed by atoms with Crippen LogP contribution in [0.15, 0.2) is 54.6 Å². The van der Waals surface area contributed by atoms with Crippen LogP contribution in [0.3, 0.4) is 0 Å². The van der Waals surface area contributed by atoms with E-state index in [0.29, 0.717) is 22.8 Å². The van der Waals surface area contributed by atoms with Crippen LogP contribution in [0.2, 0.25) is 0 Å². The number of hydrogen-bond donors (Lipinski definition) is 2. The van der Waals surface area contributed by atoms with Crippen molar-refractivity contribution < 1.29 is 19.1 Å². The number of nitrogens with zero attached hydrogens (tertiary/aromatic N) is 2. The highest BCUT2D eigenvalue weighted by Gasteiger charge is 2.17. The average molecular weight is 439 g/mol. The lowest BCUT2D eigenvalue weighted by Crippen LogP contribution is -2.31. The molecule has 2 amide bonds. The van der Waals surface area contributed by atoms with Gasteiger partial charge in [0.2, 0.25) is 5.01 Å². The normalized spacial score (nSPS) is 15.4. The summed E-state index contributed by atoms with van der Waals surface area (Å²) in [5.74, 6) is 0.197. The lowest BCUT2D eigenvalue weighted by Gasteiger charge is -2.11. The van der Waals surface area contributed by atoms with E-state index in [1.165, 1.54) is 11.3 Å². The van der Waals surface area contributed by atoms with Gasteiger partial charge < -0.3 is 20.1 Å². The molecule has 2 heterocycles. The molecule has 1 fully saturated rings. The van der Waals surface area contributed by atoms with Gasteiger partial charge >= 0.3 is 0 Å². The van der Waals surface area contributed by atoms with Crippen molar-refractivity contribution in [1.82, 2.24) is 15.5 Å². The number of aromatic nitrogens is 2. The fourth-order valence-electron chi connectivity index (χ4n) is 3.07. The van der Waals surface area contributed by atoms with Crippen molar-refractivity contribution in [2.75, 3.05) is 18.5 Å². The maximum Gasteiger partial charge on any atom is 0.286 e. The molecule has 1 atom stereocenters. The van der Waals surface area contributed by atoms with E-state index in [4.69, 9.17) is 9.47 Å². The second-order valence-electron chi connectivity index (χ2n) is 6.98. The fourth-order valence-corrected chi connectivity index (χ4v) is 3.72. The van der Waals surface area contributed by atoms with Crippen LogP contribution in [0.4, 0.5) is 5.69 Å². The Morgan fingerprint density at radius 2 is 1.87 bits per heavy atom. The molecule has 3 aromatic rings. The van der Waals surface area contributed by atoms with Crippen LogP contribution in [0.1, 0.15) is 38.0 Å². The third-order valence-corrected chi connectivity index (χ3v) is 5.58. The van der Waals surface area contributed by atoms with E-state index in [-0.39, 0.29) is 29.5 Å². The van der Waals surface area contributed by atoms with E-state index in [2.05, 4.69) is 20.8 Å². The fraction of sp³-hybridized carbons (Fsp3) is 0.273. The quantitative estimate of drug-likeness (QED) is 0.560. The molecule has 2 N–H and O–H groups in total. The third-order valence-electron chi connectivity index (χ3n) is 4.69. The molecule has 1 saturated heterocycles. The first kappa shape index (κ1) is 21.0. The number of ether oxygens (including phenoxy) is 2. The van der Waals surface area contributed by atoms with Crippen molar-refractivity contribution in [1.29, 1.82) is 0 Å². The number of carbonyl (C=O) groups is 2. The summed E-state index contributed by atoms with van der Waals surface area (Å²) in [4.78, 5) is 24.7. The lowest BCUT2D eigenvalue weighted by molar-refractivity contribution is 0.0857. The molecule has 0 saturated carbocycles. The van der Waals surface area contributed by atoms with Crippen molar-refractivity contribution in [2.45, 2.75) is 25.6 Å². The molecule has 0 bridgehead atoms. The van der Waals surface area contributed by atoms with E-state index in [0.717, 1.165) is 25.2 Å². The van der Waals surface area contributed by atoms with Crippen LogP contribution in [0.25, 0.3) is 0 Å². The van der Waals surface area contributed by atoms with Gasteiger partial charge in [-0.1, -0.05) is 29.5 Å². The Hall–Kier alpha value is -3.30. The molecular formula is C22H22N4O4S. The van der Waals surface area contributed by atoms with Gasteiger partial charge in [0.15, 0.2) is 5.01 Å².